The van der Waals surface area contributed by atoms with Gasteiger partial charge >= 0.3 is 0 Å². The quantitative estimate of drug-likeness (QED) is 0.589. The molecule has 1 N–H and O–H groups in total. The zero-order chi connectivity index (χ0) is 22.1. The minimum Gasteiger partial charge on any atom is -0.360 e. The molecular weight excluding hydrogens is 411 g/mol. The Kier molecular flexibility index (Phi) is 5.78. The van der Waals surface area contributed by atoms with E-state index in [0.29, 0.717) is 42.2 Å². The standard InChI is InChI=1S/C24H27FN4O3/c25-17-3-4-18-20(15-17)27-32-23(18)16-6-12-28(13-7-16)10-1-2-11-29-14-8-21(30)22-19(24(29)31)5-9-26-22/h3-5,9,15-16,26H,1-2,6-8,10-14H2. The Labute approximate surface area is 185 Å². The number of Topliss-reactive ketones (excluding diaryl/α,β-unsaturated/α-hetero) is 1. The van der Waals surface area contributed by atoms with Gasteiger partial charge in [-0.25, -0.2) is 4.39 Å². The van der Waals surface area contributed by atoms with Crippen LogP contribution in [0.3, 0.4) is 0 Å². The van der Waals surface area contributed by atoms with Crippen molar-refractivity contribution in [3.63, 3.8) is 0 Å². The lowest BCUT2D eigenvalue weighted by atomic mass is 9.92. The maximum atomic E-state index is 13.4. The second-order valence-electron chi connectivity index (χ2n) is 8.76. The monoisotopic (exact) mass is 438 g/mol. The van der Waals surface area contributed by atoms with Gasteiger partial charge in [-0.15, -0.1) is 0 Å². The number of carbonyl (C=O) groups is 2. The molecule has 2 aromatic heterocycles. The number of likely N-dealkylation sites (tertiary alicyclic amines) is 1. The molecular formula is C24H27FN4O3. The lowest BCUT2D eigenvalue weighted by Gasteiger charge is -2.31. The van der Waals surface area contributed by atoms with Crippen LogP contribution in [0.25, 0.3) is 10.9 Å². The molecule has 0 radical (unpaired) electrons. The van der Waals surface area contributed by atoms with Gasteiger partial charge in [-0.3, -0.25) is 9.59 Å². The van der Waals surface area contributed by atoms with Crippen molar-refractivity contribution in [3.8, 4) is 0 Å². The molecule has 5 rings (SSSR count). The lowest BCUT2D eigenvalue weighted by Crippen LogP contribution is -2.35. The van der Waals surface area contributed by atoms with Gasteiger partial charge in [0.1, 0.15) is 17.1 Å². The Morgan fingerprint density at radius 1 is 1.09 bits per heavy atom. The van der Waals surface area contributed by atoms with Crippen LogP contribution in [-0.2, 0) is 0 Å². The van der Waals surface area contributed by atoms with Crippen molar-refractivity contribution in [2.75, 3.05) is 32.7 Å². The van der Waals surface area contributed by atoms with Gasteiger partial charge in [-0.2, -0.15) is 0 Å². The second kappa shape index (κ2) is 8.86. The average molecular weight is 439 g/mol. The van der Waals surface area contributed by atoms with E-state index >= 15 is 0 Å². The fraction of sp³-hybridized carbons (Fsp3) is 0.458. The first kappa shape index (κ1) is 20.9. The minimum absolute atomic E-state index is 0.00777. The highest BCUT2D eigenvalue weighted by Crippen LogP contribution is 2.33. The van der Waals surface area contributed by atoms with Crippen LogP contribution in [0.15, 0.2) is 35.0 Å². The largest absolute Gasteiger partial charge is 0.360 e. The molecule has 0 saturated carbocycles. The van der Waals surface area contributed by atoms with Gasteiger partial charge in [0.05, 0.1) is 11.3 Å². The van der Waals surface area contributed by atoms with E-state index in [-0.39, 0.29) is 17.5 Å². The number of piperidine rings is 1. The van der Waals surface area contributed by atoms with Crippen LogP contribution in [0.1, 0.15) is 64.6 Å². The summed E-state index contributed by atoms with van der Waals surface area (Å²) in [6.45, 7) is 4.12. The van der Waals surface area contributed by atoms with Crippen molar-refractivity contribution in [1.29, 1.82) is 0 Å². The summed E-state index contributed by atoms with van der Waals surface area (Å²) in [5, 5.41) is 4.94. The molecule has 0 bridgehead atoms. The number of aromatic nitrogens is 2. The highest BCUT2D eigenvalue weighted by Gasteiger charge is 2.28. The Bertz CT molecular complexity index is 1130. The number of amides is 1. The normalized spacial score (nSPS) is 18.3. The fourth-order valence-electron chi connectivity index (χ4n) is 4.91. The number of benzene rings is 1. The summed E-state index contributed by atoms with van der Waals surface area (Å²) in [5.41, 5.74) is 1.53. The molecule has 0 spiro atoms. The fourth-order valence-corrected chi connectivity index (χ4v) is 4.91. The van der Waals surface area contributed by atoms with Gasteiger partial charge in [0.2, 0.25) is 0 Å². The predicted molar refractivity (Wildman–Crippen MR) is 117 cm³/mol. The molecule has 168 valence electrons. The summed E-state index contributed by atoms with van der Waals surface area (Å²) in [5.74, 6) is 0.845. The average Bonchev–Trinajstić information content (AvgIpc) is 3.43. The smallest absolute Gasteiger partial charge is 0.256 e. The van der Waals surface area contributed by atoms with E-state index in [1.54, 1.807) is 18.3 Å². The molecule has 2 aliphatic heterocycles. The number of halogens is 1. The van der Waals surface area contributed by atoms with Crippen LogP contribution < -0.4 is 0 Å². The number of rotatable bonds is 6. The van der Waals surface area contributed by atoms with E-state index in [9.17, 15) is 14.0 Å². The number of nitrogens with one attached hydrogen (secondary N) is 1. The third kappa shape index (κ3) is 4.07. The van der Waals surface area contributed by atoms with Crippen molar-refractivity contribution < 1.29 is 18.5 Å². The zero-order valence-electron chi connectivity index (χ0n) is 18.0. The SMILES string of the molecule is O=C1CCN(CCCCN2CCC(c3onc4cc(F)ccc34)CC2)C(=O)c2cc[nH]c21. The maximum absolute atomic E-state index is 13.4. The topological polar surface area (TPSA) is 82.4 Å². The number of ketones is 1. The van der Waals surface area contributed by atoms with Gasteiger partial charge in [-0.1, -0.05) is 5.16 Å². The lowest BCUT2D eigenvalue weighted by molar-refractivity contribution is 0.0753. The Morgan fingerprint density at radius 2 is 1.91 bits per heavy atom. The van der Waals surface area contributed by atoms with Crippen LogP contribution >= 0.6 is 0 Å². The van der Waals surface area contributed by atoms with Gasteiger partial charge < -0.3 is 19.3 Å². The van der Waals surface area contributed by atoms with Gasteiger partial charge in [0.25, 0.3) is 5.91 Å². The molecule has 7 nitrogen and oxygen atoms in total. The predicted octanol–water partition coefficient (Wildman–Crippen LogP) is 3.98. The first-order valence-corrected chi connectivity index (χ1v) is 11.4. The Balaban J connectivity index is 1.08. The number of hydrogen-bond acceptors (Lipinski definition) is 5. The highest BCUT2D eigenvalue weighted by atomic mass is 19.1. The van der Waals surface area contributed by atoms with Crippen LogP contribution in [-0.4, -0.2) is 64.4 Å². The number of nitrogens with zero attached hydrogens (tertiary/aromatic N) is 3. The molecule has 0 unspecified atom stereocenters. The van der Waals surface area contributed by atoms with E-state index in [1.165, 1.54) is 12.1 Å². The minimum atomic E-state index is -0.297. The molecule has 1 amide bonds. The summed E-state index contributed by atoms with van der Waals surface area (Å²) in [6, 6.07) is 6.34. The van der Waals surface area contributed by atoms with E-state index in [2.05, 4.69) is 15.0 Å². The van der Waals surface area contributed by atoms with Crippen molar-refractivity contribution in [2.45, 2.75) is 38.0 Å². The van der Waals surface area contributed by atoms with E-state index < -0.39 is 0 Å². The van der Waals surface area contributed by atoms with Crippen LogP contribution in [0.2, 0.25) is 0 Å². The summed E-state index contributed by atoms with van der Waals surface area (Å²) in [6.07, 6.45) is 5.93. The highest BCUT2D eigenvalue weighted by molar-refractivity contribution is 6.08. The van der Waals surface area contributed by atoms with Crippen LogP contribution in [0, 0.1) is 5.82 Å². The summed E-state index contributed by atoms with van der Waals surface area (Å²) in [4.78, 5) is 32.0. The van der Waals surface area contributed by atoms with E-state index in [0.717, 1.165) is 56.5 Å². The van der Waals surface area contributed by atoms with Crippen molar-refractivity contribution in [1.82, 2.24) is 19.9 Å². The van der Waals surface area contributed by atoms with Crippen molar-refractivity contribution in [2.24, 2.45) is 0 Å². The van der Waals surface area contributed by atoms with Gasteiger partial charge in [0.15, 0.2) is 5.78 Å². The molecule has 2 aliphatic rings. The van der Waals surface area contributed by atoms with Gasteiger partial charge in [0, 0.05) is 43.1 Å². The number of fused-ring (bicyclic) bond motifs is 2. The molecule has 0 atom stereocenters. The van der Waals surface area contributed by atoms with Crippen LogP contribution in [0.4, 0.5) is 4.39 Å². The number of H-pyrrole nitrogens is 1. The third-order valence-corrected chi connectivity index (χ3v) is 6.73. The molecule has 0 aliphatic carbocycles. The molecule has 32 heavy (non-hydrogen) atoms. The van der Waals surface area contributed by atoms with E-state index in [4.69, 9.17) is 4.52 Å². The maximum Gasteiger partial charge on any atom is 0.256 e. The van der Waals surface area contributed by atoms with Crippen LogP contribution in [0.5, 0.6) is 0 Å². The first-order valence-electron chi connectivity index (χ1n) is 11.4. The first-order chi connectivity index (χ1) is 15.6. The number of unbranched alkanes of at least 4 members (excludes halogenated alkanes) is 1. The third-order valence-electron chi connectivity index (χ3n) is 6.73. The van der Waals surface area contributed by atoms with Crippen molar-refractivity contribution in [3.05, 3.63) is 53.3 Å². The number of aromatic amines is 1. The number of hydrogen-bond donors (Lipinski definition) is 1. The summed E-state index contributed by atoms with van der Waals surface area (Å²) in [7, 11) is 0. The second-order valence-corrected chi connectivity index (χ2v) is 8.76. The summed E-state index contributed by atoms with van der Waals surface area (Å²) < 4.78 is 18.9. The Morgan fingerprint density at radius 3 is 2.75 bits per heavy atom. The summed E-state index contributed by atoms with van der Waals surface area (Å²) >= 11 is 0. The number of carbonyl (C=O) groups excluding carboxylic acids is 2. The molecule has 3 aromatic rings. The van der Waals surface area contributed by atoms with Gasteiger partial charge in [-0.05, 0) is 63.5 Å². The molecule has 1 aromatic carbocycles. The Hall–Kier alpha value is -3.00. The van der Waals surface area contributed by atoms with Crippen molar-refractivity contribution >= 4 is 22.6 Å². The molecule has 4 heterocycles. The zero-order valence-corrected chi connectivity index (χ0v) is 18.0. The van der Waals surface area contributed by atoms with E-state index in [1.807, 2.05) is 4.90 Å². The molecule has 1 fully saturated rings. The molecule has 8 heteroatoms. The molecule has 1 saturated heterocycles.